The van der Waals surface area contributed by atoms with Gasteiger partial charge >= 0.3 is 0 Å². The maximum atomic E-state index is 9.95. The maximum absolute atomic E-state index is 9.95. The minimum atomic E-state index is -0.301. The van der Waals surface area contributed by atoms with Gasteiger partial charge in [-0.25, -0.2) is 0 Å². The zero-order valence-electron chi connectivity index (χ0n) is 10.8. The van der Waals surface area contributed by atoms with Crippen molar-refractivity contribution in [3.63, 3.8) is 0 Å². The van der Waals surface area contributed by atoms with Crippen LogP contribution in [-0.2, 0) is 9.47 Å². The quantitative estimate of drug-likeness (QED) is 0.711. The molecule has 4 unspecified atom stereocenters. The lowest BCUT2D eigenvalue weighted by Crippen LogP contribution is -2.41. The highest BCUT2D eigenvalue weighted by atomic mass is 16.5. The van der Waals surface area contributed by atoms with Crippen molar-refractivity contribution in [2.24, 2.45) is 11.8 Å². The van der Waals surface area contributed by atoms with E-state index in [1.165, 1.54) is 0 Å². The number of aliphatic hydroxyl groups is 1. The van der Waals surface area contributed by atoms with Crippen molar-refractivity contribution in [2.45, 2.75) is 52.2 Å². The molecule has 0 radical (unpaired) electrons. The van der Waals surface area contributed by atoms with Crippen LogP contribution in [0, 0.1) is 11.8 Å². The molecule has 0 bridgehead atoms. The minimum absolute atomic E-state index is 0.00132. The predicted molar refractivity (Wildman–Crippen MR) is 64.4 cm³/mol. The Hall–Kier alpha value is -0.120. The van der Waals surface area contributed by atoms with Gasteiger partial charge in [0.2, 0.25) is 0 Å². The van der Waals surface area contributed by atoms with E-state index in [0.29, 0.717) is 25.0 Å². The third-order valence-electron chi connectivity index (χ3n) is 3.24. The first kappa shape index (κ1) is 13.9. The third-order valence-corrected chi connectivity index (χ3v) is 3.24. The van der Waals surface area contributed by atoms with Crippen LogP contribution in [0.4, 0.5) is 0 Å². The van der Waals surface area contributed by atoms with Gasteiger partial charge in [-0.3, -0.25) is 0 Å². The molecule has 0 saturated heterocycles. The van der Waals surface area contributed by atoms with Crippen molar-refractivity contribution in [3.8, 4) is 0 Å². The summed E-state index contributed by atoms with van der Waals surface area (Å²) in [5.41, 5.74) is 0. The van der Waals surface area contributed by atoms with Crippen LogP contribution in [0.15, 0.2) is 0 Å². The van der Waals surface area contributed by atoms with Crippen LogP contribution < -0.4 is 0 Å². The van der Waals surface area contributed by atoms with Crippen molar-refractivity contribution in [3.05, 3.63) is 0 Å². The van der Waals surface area contributed by atoms with Gasteiger partial charge in [-0.2, -0.15) is 0 Å². The molecule has 1 rings (SSSR count). The van der Waals surface area contributed by atoms with E-state index in [0.717, 1.165) is 25.9 Å². The fourth-order valence-corrected chi connectivity index (χ4v) is 2.56. The second kappa shape index (κ2) is 7.25. The van der Waals surface area contributed by atoms with Gasteiger partial charge < -0.3 is 14.6 Å². The van der Waals surface area contributed by atoms with Gasteiger partial charge in [0.15, 0.2) is 0 Å². The first-order chi connectivity index (χ1) is 7.65. The van der Waals surface area contributed by atoms with Crippen LogP contribution in [0.5, 0.6) is 0 Å². The maximum Gasteiger partial charge on any atom is 0.0860 e. The molecular weight excluding hydrogens is 204 g/mol. The first-order valence-electron chi connectivity index (χ1n) is 6.52. The van der Waals surface area contributed by atoms with E-state index in [4.69, 9.17) is 9.47 Å². The Kier molecular flexibility index (Phi) is 6.32. The molecule has 1 fully saturated rings. The molecule has 0 spiro atoms. The Bertz CT molecular complexity index is 172. The molecule has 3 heteroatoms. The van der Waals surface area contributed by atoms with Gasteiger partial charge in [-0.05, 0) is 31.1 Å². The summed E-state index contributed by atoms with van der Waals surface area (Å²) in [5, 5.41) is 9.95. The van der Waals surface area contributed by atoms with E-state index in [1.807, 2.05) is 0 Å². The van der Waals surface area contributed by atoms with Gasteiger partial charge in [-0.15, -0.1) is 0 Å². The van der Waals surface area contributed by atoms with Crippen LogP contribution in [0.2, 0.25) is 0 Å². The Morgan fingerprint density at radius 2 is 1.88 bits per heavy atom. The van der Waals surface area contributed by atoms with Gasteiger partial charge in [-0.1, -0.05) is 20.8 Å². The molecule has 0 aromatic rings. The number of rotatable bonds is 6. The second-order valence-corrected chi connectivity index (χ2v) is 5.07. The van der Waals surface area contributed by atoms with E-state index in [9.17, 15) is 5.11 Å². The Morgan fingerprint density at radius 3 is 2.50 bits per heavy atom. The summed E-state index contributed by atoms with van der Waals surface area (Å²) in [5.74, 6) is 1.06. The van der Waals surface area contributed by atoms with Crippen LogP contribution in [0.25, 0.3) is 0 Å². The molecular formula is C13H26O3. The number of hydrogen-bond donors (Lipinski definition) is 1. The van der Waals surface area contributed by atoms with Gasteiger partial charge in [0.05, 0.1) is 25.4 Å². The lowest BCUT2D eigenvalue weighted by atomic mass is 9.79. The molecule has 1 aliphatic carbocycles. The molecule has 1 N–H and O–H groups in total. The van der Waals surface area contributed by atoms with E-state index < -0.39 is 0 Å². The molecule has 1 saturated carbocycles. The number of ether oxygens (including phenoxy) is 2. The molecule has 0 aromatic carbocycles. The molecule has 3 nitrogen and oxygen atoms in total. The normalized spacial score (nSPS) is 35.2. The zero-order chi connectivity index (χ0) is 12.0. The fourth-order valence-electron chi connectivity index (χ4n) is 2.56. The molecule has 0 heterocycles. The summed E-state index contributed by atoms with van der Waals surface area (Å²) >= 11 is 0. The summed E-state index contributed by atoms with van der Waals surface area (Å²) in [4.78, 5) is 0. The lowest BCUT2D eigenvalue weighted by molar-refractivity contribution is -0.106. The average molecular weight is 230 g/mol. The van der Waals surface area contributed by atoms with Gasteiger partial charge in [0, 0.05) is 6.61 Å². The highest BCUT2D eigenvalue weighted by Gasteiger charge is 2.33. The molecule has 0 amide bonds. The van der Waals surface area contributed by atoms with Crippen molar-refractivity contribution in [2.75, 3.05) is 19.8 Å². The predicted octanol–water partition coefficient (Wildman–Crippen LogP) is 2.23. The zero-order valence-corrected chi connectivity index (χ0v) is 10.8. The highest BCUT2D eigenvalue weighted by Crippen LogP contribution is 2.30. The van der Waals surface area contributed by atoms with Gasteiger partial charge in [0.1, 0.15) is 0 Å². The highest BCUT2D eigenvalue weighted by molar-refractivity contribution is 4.83. The van der Waals surface area contributed by atoms with Crippen LogP contribution in [0.1, 0.15) is 40.0 Å². The number of hydrogen-bond acceptors (Lipinski definition) is 3. The molecule has 1 aliphatic rings. The average Bonchev–Trinajstić information content (AvgIpc) is 2.20. The molecule has 4 atom stereocenters. The standard InChI is InChI=1S/C13H26O3/c1-4-5-15-6-7-16-13-11(3)8-10(2)9-12(13)14/h10-14H,4-9H2,1-3H3. The van der Waals surface area contributed by atoms with Crippen LogP contribution >= 0.6 is 0 Å². The third kappa shape index (κ3) is 4.40. The summed E-state index contributed by atoms with van der Waals surface area (Å²) in [6.07, 6.45) is 2.76. The van der Waals surface area contributed by atoms with E-state index in [1.54, 1.807) is 0 Å². The second-order valence-electron chi connectivity index (χ2n) is 5.07. The molecule has 16 heavy (non-hydrogen) atoms. The van der Waals surface area contributed by atoms with E-state index in [2.05, 4.69) is 20.8 Å². The van der Waals surface area contributed by atoms with Crippen molar-refractivity contribution >= 4 is 0 Å². The smallest absolute Gasteiger partial charge is 0.0860 e. The van der Waals surface area contributed by atoms with Gasteiger partial charge in [0.25, 0.3) is 0 Å². The topological polar surface area (TPSA) is 38.7 Å². The SMILES string of the molecule is CCCOCCOC1C(C)CC(C)CC1O. The summed E-state index contributed by atoms with van der Waals surface area (Å²) in [7, 11) is 0. The molecule has 96 valence electrons. The largest absolute Gasteiger partial charge is 0.390 e. The summed E-state index contributed by atoms with van der Waals surface area (Å²) in [6, 6.07) is 0. The van der Waals surface area contributed by atoms with Crippen LogP contribution in [-0.4, -0.2) is 37.1 Å². The van der Waals surface area contributed by atoms with Crippen molar-refractivity contribution in [1.29, 1.82) is 0 Å². The van der Waals surface area contributed by atoms with E-state index in [-0.39, 0.29) is 12.2 Å². The van der Waals surface area contributed by atoms with Crippen LogP contribution in [0.3, 0.4) is 0 Å². The molecule has 0 aliphatic heterocycles. The fraction of sp³-hybridized carbons (Fsp3) is 1.00. The Balaban J connectivity index is 2.19. The molecule has 0 aromatic heterocycles. The van der Waals surface area contributed by atoms with Crippen molar-refractivity contribution < 1.29 is 14.6 Å². The number of aliphatic hydroxyl groups excluding tert-OH is 1. The minimum Gasteiger partial charge on any atom is -0.390 e. The summed E-state index contributed by atoms with van der Waals surface area (Å²) < 4.78 is 11.1. The monoisotopic (exact) mass is 230 g/mol. The summed E-state index contributed by atoms with van der Waals surface area (Å²) in [6.45, 7) is 8.48. The Morgan fingerprint density at radius 1 is 1.12 bits per heavy atom. The first-order valence-corrected chi connectivity index (χ1v) is 6.52. The Labute approximate surface area is 99.1 Å². The van der Waals surface area contributed by atoms with Crippen molar-refractivity contribution in [1.82, 2.24) is 0 Å². The lowest BCUT2D eigenvalue weighted by Gasteiger charge is -2.36. The van der Waals surface area contributed by atoms with E-state index >= 15 is 0 Å².